The lowest BCUT2D eigenvalue weighted by molar-refractivity contribution is -0.128. The van der Waals surface area contributed by atoms with Gasteiger partial charge in [-0.05, 0) is 38.0 Å². The number of hydrogen-bond donors (Lipinski definition) is 1. The number of carbonyl (C=O) groups excluding carboxylic acids is 1. The Balaban J connectivity index is 1.51. The molecule has 3 rings (SSSR count). The lowest BCUT2D eigenvalue weighted by Crippen LogP contribution is -2.47. The molecular formula is C15H22N4OS. The van der Waals surface area contributed by atoms with Gasteiger partial charge in [0.2, 0.25) is 5.91 Å². The number of nitrogens with one attached hydrogen (secondary N) is 1. The van der Waals surface area contributed by atoms with Crippen molar-refractivity contribution in [1.29, 1.82) is 0 Å². The van der Waals surface area contributed by atoms with E-state index in [9.17, 15) is 4.79 Å². The van der Waals surface area contributed by atoms with Crippen LogP contribution in [0, 0.1) is 5.92 Å². The lowest BCUT2D eigenvalue weighted by atomic mass is 9.84. The fourth-order valence-corrected chi connectivity index (χ4v) is 3.20. The Labute approximate surface area is 129 Å². The van der Waals surface area contributed by atoms with Crippen molar-refractivity contribution >= 4 is 23.5 Å². The molecule has 6 heteroatoms. The highest BCUT2D eigenvalue weighted by Crippen LogP contribution is 2.27. The average molecular weight is 306 g/mol. The van der Waals surface area contributed by atoms with Crippen LogP contribution < -0.4 is 10.2 Å². The molecule has 0 bridgehead atoms. The number of nitrogens with zero attached hydrogens (tertiary/aromatic N) is 3. The van der Waals surface area contributed by atoms with Gasteiger partial charge in [0.05, 0.1) is 0 Å². The molecule has 1 aliphatic carbocycles. The van der Waals surface area contributed by atoms with Gasteiger partial charge in [0.1, 0.15) is 5.82 Å². The molecule has 0 aromatic carbocycles. The highest BCUT2D eigenvalue weighted by molar-refractivity contribution is 7.98. The van der Waals surface area contributed by atoms with Crippen LogP contribution in [-0.2, 0) is 4.79 Å². The molecule has 1 aromatic heterocycles. The number of carbonyl (C=O) groups is 1. The molecule has 2 heterocycles. The van der Waals surface area contributed by atoms with E-state index in [2.05, 4.69) is 20.2 Å². The summed E-state index contributed by atoms with van der Waals surface area (Å²) < 4.78 is 0. The van der Waals surface area contributed by atoms with E-state index in [-0.39, 0.29) is 11.8 Å². The summed E-state index contributed by atoms with van der Waals surface area (Å²) in [5.41, 5.74) is 0. The van der Waals surface area contributed by atoms with Crippen LogP contribution in [-0.4, -0.2) is 41.3 Å². The smallest absolute Gasteiger partial charge is 0.223 e. The molecule has 1 aliphatic heterocycles. The molecule has 1 N–H and O–H groups in total. The van der Waals surface area contributed by atoms with E-state index in [1.54, 1.807) is 11.8 Å². The Hall–Kier alpha value is -1.30. The zero-order chi connectivity index (χ0) is 14.7. The second-order valence-corrected chi connectivity index (χ2v) is 6.57. The van der Waals surface area contributed by atoms with E-state index in [0.717, 1.165) is 49.7 Å². The molecule has 0 unspecified atom stereocenters. The first-order valence-electron chi connectivity index (χ1n) is 7.68. The van der Waals surface area contributed by atoms with Gasteiger partial charge in [-0.15, -0.1) is 0 Å². The molecule has 0 atom stereocenters. The molecule has 1 saturated heterocycles. The van der Waals surface area contributed by atoms with Gasteiger partial charge in [0, 0.05) is 31.2 Å². The molecule has 1 amide bonds. The Bertz CT molecular complexity index is 498. The van der Waals surface area contributed by atoms with Crippen molar-refractivity contribution in [3.05, 3.63) is 12.3 Å². The maximum Gasteiger partial charge on any atom is 0.223 e. The van der Waals surface area contributed by atoms with Gasteiger partial charge in [-0.25, -0.2) is 9.97 Å². The molecule has 2 fully saturated rings. The standard InChI is InChI=1S/C15H22N4OS/c1-21-15-16-8-5-13(18-15)19-9-6-12(7-10-19)17-14(20)11-3-2-4-11/h5,8,11-12H,2-4,6-7,9-10H2,1H3,(H,17,20). The number of anilines is 1. The SMILES string of the molecule is CSc1nccc(N2CCC(NC(=O)C3CCC3)CC2)n1. The summed E-state index contributed by atoms with van der Waals surface area (Å²) in [7, 11) is 0. The Morgan fingerprint density at radius 1 is 1.33 bits per heavy atom. The van der Waals surface area contributed by atoms with Crippen molar-refractivity contribution in [2.75, 3.05) is 24.2 Å². The van der Waals surface area contributed by atoms with Crippen LogP contribution in [0.25, 0.3) is 0 Å². The minimum absolute atomic E-state index is 0.270. The van der Waals surface area contributed by atoms with Crippen LogP contribution in [0.2, 0.25) is 0 Å². The second-order valence-electron chi connectivity index (χ2n) is 5.80. The number of hydrogen-bond acceptors (Lipinski definition) is 5. The van der Waals surface area contributed by atoms with Crippen LogP contribution in [0.4, 0.5) is 5.82 Å². The average Bonchev–Trinajstić information content (AvgIpc) is 2.46. The van der Waals surface area contributed by atoms with E-state index in [1.165, 1.54) is 6.42 Å². The number of aromatic nitrogens is 2. The molecular weight excluding hydrogens is 284 g/mol. The monoisotopic (exact) mass is 306 g/mol. The Kier molecular flexibility index (Phi) is 4.63. The number of thioether (sulfide) groups is 1. The predicted molar refractivity (Wildman–Crippen MR) is 84.5 cm³/mol. The zero-order valence-corrected chi connectivity index (χ0v) is 13.2. The van der Waals surface area contributed by atoms with Crippen molar-refractivity contribution in [1.82, 2.24) is 15.3 Å². The van der Waals surface area contributed by atoms with Gasteiger partial charge in [0.25, 0.3) is 0 Å². The van der Waals surface area contributed by atoms with E-state index < -0.39 is 0 Å². The minimum atomic E-state index is 0.270. The Morgan fingerprint density at radius 3 is 2.71 bits per heavy atom. The molecule has 0 radical (unpaired) electrons. The van der Waals surface area contributed by atoms with Crippen molar-refractivity contribution in [3.63, 3.8) is 0 Å². The first-order valence-corrected chi connectivity index (χ1v) is 8.91. The molecule has 5 nitrogen and oxygen atoms in total. The van der Waals surface area contributed by atoms with E-state index >= 15 is 0 Å². The summed E-state index contributed by atoms with van der Waals surface area (Å²) >= 11 is 1.56. The maximum absolute atomic E-state index is 12.0. The summed E-state index contributed by atoms with van der Waals surface area (Å²) in [6, 6.07) is 2.30. The van der Waals surface area contributed by atoms with Crippen LogP contribution in [0.5, 0.6) is 0 Å². The number of amides is 1. The molecule has 0 spiro atoms. The highest BCUT2D eigenvalue weighted by Gasteiger charge is 2.28. The normalized spacial score (nSPS) is 20.1. The van der Waals surface area contributed by atoms with Crippen LogP contribution in [0.1, 0.15) is 32.1 Å². The molecule has 1 saturated carbocycles. The first-order chi connectivity index (χ1) is 10.3. The van der Waals surface area contributed by atoms with Crippen molar-refractivity contribution in [2.45, 2.75) is 43.3 Å². The van der Waals surface area contributed by atoms with Crippen molar-refractivity contribution < 1.29 is 4.79 Å². The fraction of sp³-hybridized carbons (Fsp3) is 0.667. The third kappa shape index (κ3) is 3.48. The van der Waals surface area contributed by atoms with Gasteiger partial charge < -0.3 is 10.2 Å². The summed E-state index contributed by atoms with van der Waals surface area (Å²) in [6.07, 6.45) is 9.16. The van der Waals surface area contributed by atoms with Gasteiger partial charge >= 0.3 is 0 Å². The summed E-state index contributed by atoms with van der Waals surface area (Å²) in [5.74, 6) is 1.55. The minimum Gasteiger partial charge on any atom is -0.356 e. The third-order valence-corrected chi connectivity index (χ3v) is 5.00. The van der Waals surface area contributed by atoms with Crippen molar-refractivity contribution in [2.24, 2.45) is 5.92 Å². The van der Waals surface area contributed by atoms with Crippen molar-refractivity contribution in [3.8, 4) is 0 Å². The first kappa shape index (κ1) is 14.6. The van der Waals surface area contributed by atoms with Gasteiger partial charge in [-0.2, -0.15) is 0 Å². The summed E-state index contributed by atoms with van der Waals surface area (Å²) in [5, 5.41) is 4.03. The van der Waals surface area contributed by atoms with Crippen LogP contribution in [0.15, 0.2) is 17.4 Å². The molecule has 2 aliphatic rings. The topological polar surface area (TPSA) is 58.1 Å². The van der Waals surface area contributed by atoms with E-state index in [0.29, 0.717) is 6.04 Å². The maximum atomic E-state index is 12.0. The van der Waals surface area contributed by atoms with Crippen LogP contribution in [0.3, 0.4) is 0 Å². The number of piperidine rings is 1. The highest BCUT2D eigenvalue weighted by atomic mass is 32.2. The number of rotatable bonds is 4. The van der Waals surface area contributed by atoms with E-state index in [4.69, 9.17) is 0 Å². The summed E-state index contributed by atoms with van der Waals surface area (Å²) in [4.78, 5) is 23.0. The third-order valence-electron chi connectivity index (χ3n) is 4.44. The van der Waals surface area contributed by atoms with Gasteiger partial charge in [-0.3, -0.25) is 4.79 Å². The van der Waals surface area contributed by atoms with Crippen LogP contribution >= 0.6 is 11.8 Å². The predicted octanol–water partition coefficient (Wildman–Crippen LogP) is 2.08. The summed E-state index contributed by atoms with van der Waals surface area (Å²) in [6.45, 7) is 1.89. The van der Waals surface area contributed by atoms with E-state index in [1.807, 2.05) is 18.5 Å². The second kappa shape index (κ2) is 6.64. The quantitative estimate of drug-likeness (QED) is 0.682. The molecule has 114 valence electrons. The van der Waals surface area contributed by atoms with Gasteiger partial charge in [-0.1, -0.05) is 18.2 Å². The fourth-order valence-electron chi connectivity index (χ4n) is 2.85. The zero-order valence-electron chi connectivity index (χ0n) is 12.4. The van der Waals surface area contributed by atoms with Gasteiger partial charge in [0.15, 0.2) is 5.16 Å². The largest absolute Gasteiger partial charge is 0.356 e. The molecule has 1 aromatic rings. The molecule has 21 heavy (non-hydrogen) atoms. The lowest BCUT2D eigenvalue weighted by Gasteiger charge is -2.34. The Morgan fingerprint density at radius 2 is 2.10 bits per heavy atom.